The lowest BCUT2D eigenvalue weighted by Crippen LogP contribution is -2.20. The van der Waals surface area contributed by atoms with Crippen LogP contribution in [0.5, 0.6) is 5.75 Å². The molecule has 3 aromatic rings. The Bertz CT molecular complexity index is 1010. The molecule has 0 radical (unpaired) electrons. The van der Waals surface area contributed by atoms with Gasteiger partial charge in [0.15, 0.2) is 6.61 Å². The molecule has 1 heterocycles. The van der Waals surface area contributed by atoms with Gasteiger partial charge in [-0.25, -0.2) is 4.79 Å². The Balaban J connectivity index is 1.53. The second-order valence-corrected chi connectivity index (χ2v) is 6.62. The average Bonchev–Trinajstić information content (AvgIpc) is 3.18. The molecule has 0 saturated carbocycles. The van der Waals surface area contributed by atoms with Crippen molar-refractivity contribution in [2.24, 2.45) is 0 Å². The number of rotatable bonds is 7. The molecular weight excluding hydrogens is 376 g/mol. The molecule has 0 aliphatic carbocycles. The number of carbonyl (C=O) groups excluding carboxylic acids is 2. The minimum atomic E-state index is -0.632. The van der Waals surface area contributed by atoms with Crippen LogP contribution >= 0.6 is 11.3 Å². The Labute approximate surface area is 166 Å². The molecule has 0 aliphatic rings. The van der Waals surface area contributed by atoms with Crippen molar-refractivity contribution >= 4 is 28.2 Å². The number of nitrogens with one attached hydrogen (secondary N) is 1. The van der Waals surface area contributed by atoms with Gasteiger partial charge in [-0.2, -0.15) is 5.26 Å². The number of hydrogen-bond donors (Lipinski definition) is 1. The first-order chi connectivity index (χ1) is 13.7. The lowest BCUT2D eigenvalue weighted by Gasteiger charge is -2.09. The van der Waals surface area contributed by atoms with Crippen molar-refractivity contribution in [2.45, 2.75) is 6.61 Å². The van der Waals surface area contributed by atoms with Crippen LogP contribution in [0.15, 0.2) is 66.0 Å². The molecule has 0 fully saturated rings. The summed E-state index contributed by atoms with van der Waals surface area (Å²) < 4.78 is 10.7. The normalized spacial score (nSPS) is 9.96. The van der Waals surface area contributed by atoms with Crippen LogP contribution in [-0.4, -0.2) is 18.5 Å². The molecule has 3 rings (SSSR count). The molecule has 1 N–H and O–H groups in total. The summed E-state index contributed by atoms with van der Waals surface area (Å²) in [5.41, 5.74) is 1.66. The number of benzene rings is 2. The fourth-order valence-corrected chi connectivity index (χ4v) is 3.08. The Morgan fingerprint density at radius 2 is 1.89 bits per heavy atom. The smallest absolute Gasteiger partial charge is 0.338 e. The molecular formula is C21H16N2O4S. The Morgan fingerprint density at radius 3 is 2.68 bits per heavy atom. The average molecular weight is 392 g/mol. The van der Waals surface area contributed by atoms with Gasteiger partial charge in [0.2, 0.25) is 0 Å². The molecule has 0 atom stereocenters. The van der Waals surface area contributed by atoms with Crippen LogP contribution in [0.25, 0.3) is 0 Å². The van der Waals surface area contributed by atoms with Crippen LogP contribution in [0.2, 0.25) is 0 Å². The summed E-state index contributed by atoms with van der Waals surface area (Å²) in [5.74, 6) is -0.615. The number of hydrogen-bond acceptors (Lipinski definition) is 6. The van der Waals surface area contributed by atoms with Crippen molar-refractivity contribution in [3.8, 4) is 11.8 Å². The number of amides is 1. The maximum Gasteiger partial charge on any atom is 0.338 e. The second kappa shape index (κ2) is 9.35. The molecule has 0 saturated heterocycles. The van der Waals surface area contributed by atoms with E-state index in [-0.39, 0.29) is 5.56 Å². The fourth-order valence-electron chi connectivity index (χ4n) is 2.33. The predicted molar refractivity (Wildman–Crippen MR) is 105 cm³/mol. The summed E-state index contributed by atoms with van der Waals surface area (Å²) in [7, 11) is 0. The number of nitriles is 1. The highest BCUT2D eigenvalue weighted by atomic mass is 32.1. The quantitative estimate of drug-likeness (QED) is 0.614. The van der Waals surface area contributed by atoms with E-state index in [0.29, 0.717) is 22.9 Å². The van der Waals surface area contributed by atoms with E-state index in [1.165, 1.54) is 11.3 Å². The third-order valence-electron chi connectivity index (χ3n) is 3.69. The molecule has 0 aliphatic heterocycles. The molecule has 2 aromatic carbocycles. The molecule has 0 unspecified atom stereocenters. The molecule has 1 aromatic heterocycles. The van der Waals surface area contributed by atoms with Gasteiger partial charge in [0.25, 0.3) is 5.91 Å². The molecule has 28 heavy (non-hydrogen) atoms. The lowest BCUT2D eigenvalue weighted by molar-refractivity contribution is -0.119. The van der Waals surface area contributed by atoms with Crippen LogP contribution in [0.1, 0.15) is 21.5 Å². The number of ether oxygens (including phenoxy) is 2. The third kappa shape index (κ3) is 5.19. The summed E-state index contributed by atoms with van der Waals surface area (Å²) >= 11 is 1.23. The minimum absolute atomic E-state index is 0.284. The van der Waals surface area contributed by atoms with Gasteiger partial charge < -0.3 is 14.8 Å². The van der Waals surface area contributed by atoms with Crippen LogP contribution < -0.4 is 10.1 Å². The minimum Gasteiger partial charge on any atom is -0.489 e. The molecule has 1 amide bonds. The monoisotopic (exact) mass is 392 g/mol. The third-order valence-corrected chi connectivity index (χ3v) is 4.52. The van der Waals surface area contributed by atoms with Gasteiger partial charge in [-0.3, -0.25) is 4.79 Å². The van der Waals surface area contributed by atoms with Crippen LogP contribution in [-0.2, 0) is 16.1 Å². The number of carbonyl (C=O) groups is 2. The largest absolute Gasteiger partial charge is 0.489 e. The molecule has 0 bridgehead atoms. The van der Waals surface area contributed by atoms with Crippen LogP contribution in [0.4, 0.5) is 5.00 Å². The summed E-state index contributed by atoms with van der Waals surface area (Å²) in [4.78, 5) is 24.1. The van der Waals surface area contributed by atoms with E-state index in [4.69, 9.17) is 14.7 Å². The second-order valence-electron chi connectivity index (χ2n) is 5.70. The highest BCUT2D eigenvalue weighted by Gasteiger charge is 2.13. The molecule has 7 heteroatoms. The Kier molecular flexibility index (Phi) is 6.39. The number of anilines is 1. The van der Waals surface area contributed by atoms with Gasteiger partial charge in [-0.15, -0.1) is 11.3 Å². The zero-order chi connectivity index (χ0) is 19.8. The summed E-state index contributed by atoms with van der Waals surface area (Å²) in [6.45, 7) is -0.0690. The maximum atomic E-state index is 12.2. The SMILES string of the molecule is N#Cc1ccsc1NC(=O)COC(=O)c1cccc(OCc2ccccc2)c1. The summed E-state index contributed by atoms with van der Waals surface area (Å²) in [5, 5.41) is 13.6. The standard InChI is InChI=1S/C21H16N2O4S/c22-12-17-9-10-28-20(17)23-19(24)14-27-21(25)16-7-4-8-18(11-16)26-13-15-5-2-1-3-6-15/h1-11H,13-14H2,(H,23,24). The van der Waals surface area contributed by atoms with Crippen molar-refractivity contribution < 1.29 is 19.1 Å². The molecule has 6 nitrogen and oxygen atoms in total. The first-order valence-corrected chi connectivity index (χ1v) is 9.25. The van der Waals surface area contributed by atoms with Gasteiger partial charge in [0.1, 0.15) is 23.4 Å². The maximum absolute atomic E-state index is 12.2. The van der Waals surface area contributed by atoms with Gasteiger partial charge >= 0.3 is 5.97 Å². The van der Waals surface area contributed by atoms with Crippen molar-refractivity contribution in [3.05, 3.63) is 82.7 Å². The van der Waals surface area contributed by atoms with Gasteiger partial charge in [-0.1, -0.05) is 36.4 Å². The highest BCUT2D eigenvalue weighted by Crippen LogP contribution is 2.22. The zero-order valence-electron chi connectivity index (χ0n) is 14.8. The Hall–Kier alpha value is -3.63. The van der Waals surface area contributed by atoms with Crippen molar-refractivity contribution in [1.82, 2.24) is 0 Å². The van der Waals surface area contributed by atoms with Crippen molar-refractivity contribution in [1.29, 1.82) is 5.26 Å². The van der Waals surface area contributed by atoms with E-state index in [2.05, 4.69) is 5.32 Å². The topological polar surface area (TPSA) is 88.4 Å². The van der Waals surface area contributed by atoms with Gasteiger partial charge in [-0.05, 0) is 35.2 Å². The van der Waals surface area contributed by atoms with Crippen molar-refractivity contribution in [2.75, 3.05) is 11.9 Å². The number of thiophene rings is 1. The first kappa shape index (κ1) is 19.1. The van der Waals surface area contributed by atoms with Gasteiger partial charge in [0, 0.05) is 0 Å². The summed E-state index contributed by atoms with van der Waals surface area (Å²) in [6, 6.07) is 19.8. The van der Waals surface area contributed by atoms with Crippen molar-refractivity contribution in [3.63, 3.8) is 0 Å². The number of nitrogens with zero attached hydrogens (tertiary/aromatic N) is 1. The summed E-state index contributed by atoms with van der Waals surface area (Å²) in [6.07, 6.45) is 0. The zero-order valence-corrected chi connectivity index (χ0v) is 15.6. The van der Waals surface area contributed by atoms with Crippen LogP contribution in [0, 0.1) is 11.3 Å². The predicted octanol–water partition coefficient (Wildman–Crippen LogP) is 3.99. The highest BCUT2D eigenvalue weighted by molar-refractivity contribution is 7.14. The lowest BCUT2D eigenvalue weighted by atomic mass is 10.2. The fraction of sp³-hybridized carbons (Fsp3) is 0.0952. The molecule has 140 valence electrons. The molecule has 0 spiro atoms. The van der Waals surface area contributed by atoms with E-state index >= 15 is 0 Å². The van der Waals surface area contributed by atoms with E-state index < -0.39 is 18.5 Å². The van der Waals surface area contributed by atoms with E-state index in [1.807, 2.05) is 36.4 Å². The number of esters is 1. The van der Waals surface area contributed by atoms with Crippen LogP contribution in [0.3, 0.4) is 0 Å². The van der Waals surface area contributed by atoms with Gasteiger partial charge in [0.05, 0.1) is 11.1 Å². The van der Waals surface area contributed by atoms with E-state index in [1.54, 1.807) is 35.7 Å². The van der Waals surface area contributed by atoms with E-state index in [0.717, 1.165) is 5.56 Å². The Morgan fingerprint density at radius 1 is 1.07 bits per heavy atom. The van der Waals surface area contributed by atoms with E-state index in [9.17, 15) is 9.59 Å². The first-order valence-electron chi connectivity index (χ1n) is 8.37.